The Morgan fingerprint density at radius 3 is 2.53 bits per heavy atom. The number of ether oxygens (including phenoxy) is 2. The molecule has 0 spiro atoms. The van der Waals surface area contributed by atoms with E-state index in [1.807, 2.05) is 23.6 Å². The van der Waals surface area contributed by atoms with Crippen LogP contribution in [-0.4, -0.2) is 62.4 Å². The monoisotopic (exact) mass is 610 g/mol. The molecular formula is C35H32F2N4O4. The van der Waals surface area contributed by atoms with Gasteiger partial charge in [-0.25, -0.2) is 23.5 Å². The van der Waals surface area contributed by atoms with Crippen molar-refractivity contribution in [2.45, 2.75) is 45.0 Å². The molecule has 8 nitrogen and oxygen atoms in total. The molecule has 2 aliphatic heterocycles. The Bertz CT molecular complexity index is 1900. The standard InChI is InChI=1S/C35H32F2N4O4/c1-21-5-6-25(28(36)13-21)18-45-34-4-2-3-30(39-34)23-8-7-22(29(37)14-23)16-33-38-31-10-9-24(35(42)43)15-32(31)41(33)17-26-11-12-40(26)27-19-44-20-27/h2-10,13-15,26-27H,11-12,16-20H2,1H3,(H,42,43)/t26-/m0/s1. The lowest BCUT2D eigenvalue weighted by Gasteiger charge is -2.49. The summed E-state index contributed by atoms with van der Waals surface area (Å²) >= 11 is 0. The lowest BCUT2D eigenvalue weighted by Crippen LogP contribution is -2.61. The van der Waals surface area contributed by atoms with E-state index in [4.69, 9.17) is 14.5 Å². The molecule has 0 radical (unpaired) electrons. The molecule has 2 aromatic heterocycles. The third kappa shape index (κ3) is 5.91. The molecular weight excluding hydrogens is 578 g/mol. The second-order valence-electron chi connectivity index (χ2n) is 11.7. The van der Waals surface area contributed by atoms with E-state index in [0.717, 1.165) is 37.3 Å². The normalized spacial score (nSPS) is 16.8. The second kappa shape index (κ2) is 12.0. The molecule has 0 unspecified atom stereocenters. The number of aromatic carboxylic acids is 1. The molecule has 45 heavy (non-hydrogen) atoms. The van der Waals surface area contributed by atoms with Gasteiger partial charge >= 0.3 is 5.97 Å². The van der Waals surface area contributed by atoms with Gasteiger partial charge in [0, 0.05) is 42.7 Å². The Morgan fingerprint density at radius 1 is 1.00 bits per heavy atom. The zero-order chi connectivity index (χ0) is 31.1. The van der Waals surface area contributed by atoms with Crippen LogP contribution in [-0.2, 0) is 24.3 Å². The number of rotatable bonds is 10. The van der Waals surface area contributed by atoms with E-state index in [1.54, 1.807) is 48.5 Å². The van der Waals surface area contributed by atoms with Crippen molar-refractivity contribution >= 4 is 17.0 Å². The number of benzene rings is 3. The predicted molar refractivity (Wildman–Crippen MR) is 164 cm³/mol. The fraction of sp³-hybridized carbons (Fsp3) is 0.286. The van der Waals surface area contributed by atoms with Crippen molar-refractivity contribution in [1.29, 1.82) is 0 Å². The highest BCUT2D eigenvalue weighted by Gasteiger charge is 2.38. The number of imidazole rings is 1. The highest BCUT2D eigenvalue weighted by atomic mass is 19.1. The topological polar surface area (TPSA) is 89.7 Å². The van der Waals surface area contributed by atoms with Gasteiger partial charge in [0.25, 0.3) is 0 Å². The van der Waals surface area contributed by atoms with E-state index in [-0.39, 0.29) is 30.5 Å². The minimum atomic E-state index is -1.00. The fourth-order valence-electron chi connectivity index (χ4n) is 6.00. The van der Waals surface area contributed by atoms with Crippen LogP contribution in [0.25, 0.3) is 22.3 Å². The maximum absolute atomic E-state index is 15.6. The van der Waals surface area contributed by atoms with E-state index in [1.165, 1.54) is 12.1 Å². The Balaban J connectivity index is 1.13. The number of nitrogens with zero attached hydrogens (tertiary/aromatic N) is 4. The van der Waals surface area contributed by atoms with Crippen LogP contribution >= 0.6 is 0 Å². The number of carbonyl (C=O) groups is 1. The summed E-state index contributed by atoms with van der Waals surface area (Å²) in [5.74, 6) is -0.755. The van der Waals surface area contributed by atoms with Crippen molar-refractivity contribution in [1.82, 2.24) is 19.4 Å². The zero-order valence-corrected chi connectivity index (χ0v) is 24.7. The molecule has 0 amide bonds. The molecule has 0 saturated carbocycles. The molecule has 5 aromatic rings. The minimum Gasteiger partial charge on any atom is -0.478 e. The van der Waals surface area contributed by atoms with Crippen molar-refractivity contribution in [2.75, 3.05) is 19.8 Å². The number of hydrogen-bond acceptors (Lipinski definition) is 6. The predicted octanol–water partition coefficient (Wildman–Crippen LogP) is 6.03. The summed E-state index contributed by atoms with van der Waals surface area (Å²) in [6.45, 7) is 4.94. The summed E-state index contributed by atoms with van der Waals surface area (Å²) in [5, 5.41) is 9.62. The van der Waals surface area contributed by atoms with Gasteiger partial charge in [-0.3, -0.25) is 4.90 Å². The summed E-state index contributed by atoms with van der Waals surface area (Å²) in [4.78, 5) is 23.5. The zero-order valence-electron chi connectivity index (χ0n) is 24.7. The van der Waals surface area contributed by atoms with Crippen molar-refractivity contribution in [2.24, 2.45) is 0 Å². The van der Waals surface area contributed by atoms with E-state index < -0.39 is 11.8 Å². The number of fused-ring (bicyclic) bond motifs is 1. The van der Waals surface area contributed by atoms with Crippen LogP contribution in [0.1, 0.15) is 39.3 Å². The van der Waals surface area contributed by atoms with Gasteiger partial charge in [0.1, 0.15) is 24.1 Å². The van der Waals surface area contributed by atoms with Crippen LogP contribution in [0.3, 0.4) is 0 Å². The van der Waals surface area contributed by atoms with Gasteiger partial charge in [0.15, 0.2) is 0 Å². The van der Waals surface area contributed by atoms with E-state index in [0.29, 0.717) is 52.2 Å². The van der Waals surface area contributed by atoms with Gasteiger partial charge in [-0.15, -0.1) is 0 Å². The number of aryl methyl sites for hydroxylation is 1. The number of carboxylic acid groups (broad SMARTS) is 1. The van der Waals surface area contributed by atoms with Crippen molar-refractivity contribution < 1.29 is 28.2 Å². The first-order valence-corrected chi connectivity index (χ1v) is 15.0. The summed E-state index contributed by atoms with van der Waals surface area (Å²) in [5.41, 5.74) is 4.42. The Labute approximate surface area is 258 Å². The third-order valence-electron chi connectivity index (χ3n) is 8.75. The van der Waals surface area contributed by atoms with Crippen LogP contribution in [0.15, 0.2) is 72.8 Å². The van der Waals surface area contributed by atoms with Crippen LogP contribution in [0.2, 0.25) is 0 Å². The van der Waals surface area contributed by atoms with Crippen molar-refractivity contribution in [3.8, 4) is 17.1 Å². The van der Waals surface area contributed by atoms with Gasteiger partial charge < -0.3 is 19.1 Å². The van der Waals surface area contributed by atoms with Crippen LogP contribution in [0.4, 0.5) is 8.78 Å². The summed E-state index contributed by atoms with van der Waals surface area (Å²) in [6.07, 6.45) is 1.26. The Kier molecular flexibility index (Phi) is 7.76. The number of hydrogen-bond donors (Lipinski definition) is 1. The molecule has 4 heterocycles. The smallest absolute Gasteiger partial charge is 0.335 e. The minimum absolute atomic E-state index is 0.0257. The molecule has 0 aliphatic carbocycles. The van der Waals surface area contributed by atoms with Gasteiger partial charge in [0.2, 0.25) is 5.88 Å². The SMILES string of the molecule is Cc1ccc(COc2cccc(-c3ccc(Cc4nc5ccc(C(=O)O)cc5n4C[C@@H]4CCN4C4COC4)c(F)c3)n2)c(F)c1. The first-order chi connectivity index (χ1) is 21.8. The Morgan fingerprint density at radius 2 is 1.82 bits per heavy atom. The van der Waals surface area contributed by atoms with Gasteiger partial charge in [-0.05, 0) is 60.9 Å². The molecule has 1 atom stereocenters. The summed E-state index contributed by atoms with van der Waals surface area (Å²) in [7, 11) is 0. The highest BCUT2D eigenvalue weighted by molar-refractivity contribution is 5.92. The molecule has 10 heteroatoms. The third-order valence-corrected chi connectivity index (χ3v) is 8.75. The van der Waals surface area contributed by atoms with E-state index >= 15 is 4.39 Å². The molecule has 1 N–H and O–H groups in total. The Hall–Kier alpha value is -4.67. The molecule has 3 aromatic carbocycles. The lowest BCUT2D eigenvalue weighted by molar-refractivity contribution is -0.111. The maximum atomic E-state index is 15.6. The van der Waals surface area contributed by atoms with Gasteiger partial charge in [-0.2, -0.15) is 0 Å². The van der Waals surface area contributed by atoms with Crippen LogP contribution < -0.4 is 4.74 Å². The van der Waals surface area contributed by atoms with Gasteiger partial charge in [-0.1, -0.05) is 30.3 Å². The quantitative estimate of drug-likeness (QED) is 0.207. The average Bonchev–Trinajstić information content (AvgIpc) is 3.33. The molecule has 2 saturated heterocycles. The maximum Gasteiger partial charge on any atom is 0.335 e. The molecule has 230 valence electrons. The van der Waals surface area contributed by atoms with Crippen LogP contribution in [0, 0.1) is 18.6 Å². The highest BCUT2D eigenvalue weighted by Crippen LogP contribution is 2.30. The first-order valence-electron chi connectivity index (χ1n) is 15.0. The molecule has 2 fully saturated rings. The number of likely N-dealkylation sites (tertiary alicyclic amines) is 1. The first kappa shape index (κ1) is 29.1. The fourth-order valence-corrected chi connectivity index (χ4v) is 6.00. The molecule has 0 bridgehead atoms. The molecule has 7 rings (SSSR count). The second-order valence-corrected chi connectivity index (χ2v) is 11.7. The lowest BCUT2D eigenvalue weighted by atomic mass is 9.98. The molecule has 2 aliphatic rings. The average molecular weight is 611 g/mol. The van der Waals surface area contributed by atoms with Crippen molar-refractivity contribution in [3.63, 3.8) is 0 Å². The van der Waals surface area contributed by atoms with Crippen LogP contribution in [0.5, 0.6) is 5.88 Å². The number of aromatic nitrogens is 3. The van der Waals surface area contributed by atoms with E-state index in [2.05, 4.69) is 9.88 Å². The summed E-state index contributed by atoms with van der Waals surface area (Å²) < 4.78 is 43.1. The largest absolute Gasteiger partial charge is 0.478 e. The number of pyridine rings is 1. The number of halogens is 2. The summed E-state index contributed by atoms with van der Waals surface area (Å²) in [6, 6.07) is 20.8. The van der Waals surface area contributed by atoms with Gasteiger partial charge in [0.05, 0.1) is 41.5 Å². The van der Waals surface area contributed by atoms with Crippen molar-refractivity contribution in [3.05, 3.63) is 113 Å². The van der Waals surface area contributed by atoms with E-state index in [9.17, 15) is 14.3 Å². The number of carboxylic acids is 1.